The lowest BCUT2D eigenvalue weighted by Gasteiger charge is -2.51. The number of benzene rings is 2. The third-order valence-corrected chi connectivity index (χ3v) is 5.59. The molecule has 1 aliphatic carbocycles. The number of nitrogens with one attached hydrogen (secondary N) is 1. The molecule has 0 unspecified atom stereocenters. The number of carboxylic acid groups (broad SMARTS) is 1. The highest BCUT2D eigenvalue weighted by Crippen LogP contribution is 2.48. The Morgan fingerprint density at radius 3 is 2.29 bits per heavy atom. The second kappa shape index (κ2) is 7.48. The van der Waals surface area contributed by atoms with Crippen molar-refractivity contribution in [3.63, 3.8) is 0 Å². The molecule has 31 heavy (non-hydrogen) atoms. The van der Waals surface area contributed by atoms with Gasteiger partial charge in [-0.05, 0) is 18.1 Å². The zero-order valence-electron chi connectivity index (χ0n) is 16.8. The van der Waals surface area contributed by atoms with Crippen molar-refractivity contribution in [2.24, 2.45) is 0 Å². The molecule has 0 bridgehead atoms. The van der Waals surface area contributed by atoms with Crippen LogP contribution in [0.3, 0.4) is 0 Å². The standard InChI is InChI=1S/C23H21N3O5/c1-22(29)13-23(14-22,25-21(27)28)17-9-7-16(8-10-17)20-19(15-5-3-2-4-6-15)11-18(12-24-20)26(30)31/h2-12,25,29H,13-14H2,1H3,(H,27,28)/t22-,23-. The number of carbonyl (C=O) groups is 1. The summed E-state index contributed by atoms with van der Waals surface area (Å²) in [5.41, 5.74) is 1.64. The molecule has 1 aromatic heterocycles. The fraction of sp³-hybridized carbons (Fsp3) is 0.217. The van der Waals surface area contributed by atoms with Gasteiger partial charge in [-0.3, -0.25) is 10.1 Å². The number of hydrogen-bond donors (Lipinski definition) is 3. The first-order valence-electron chi connectivity index (χ1n) is 9.73. The van der Waals surface area contributed by atoms with Gasteiger partial charge in [0.2, 0.25) is 0 Å². The Morgan fingerprint density at radius 1 is 1.10 bits per heavy atom. The number of pyridine rings is 1. The molecule has 3 aromatic rings. The van der Waals surface area contributed by atoms with Gasteiger partial charge in [0.05, 0.1) is 21.8 Å². The van der Waals surface area contributed by atoms with E-state index in [1.807, 2.05) is 42.5 Å². The summed E-state index contributed by atoms with van der Waals surface area (Å²) in [5.74, 6) is 0. The average molecular weight is 419 g/mol. The molecule has 8 heteroatoms. The van der Waals surface area contributed by atoms with Crippen molar-refractivity contribution in [3.05, 3.63) is 82.5 Å². The van der Waals surface area contributed by atoms with Gasteiger partial charge in [0.15, 0.2) is 0 Å². The lowest BCUT2D eigenvalue weighted by Crippen LogP contribution is -2.61. The first-order chi connectivity index (χ1) is 14.7. The quantitative estimate of drug-likeness (QED) is 0.417. The fourth-order valence-electron chi connectivity index (χ4n) is 4.39. The Bertz CT molecular complexity index is 1140. The molecule has 158 valence electrons. The van der Waals surface area contributed by atoms with Crippen molar-refractivity contribution in [1.82, 2.24) is 10.3 Å². The van der Waals surface area contributed by atoms with Crippen LogP contribution in [0.2, 0.25) is 0 Å². The Morgan fingerprint density at radius 2 is 1.74 bits per heavy atom. The van der Waals surface area contributed by atoms with Crippen LogP contribution in [0, 0.1) is 10.1 Å². The van der Waals surface area contributed by atoms with Crippen molar-refractivity contribution < 1.29 is 19.9 Å². The van der Waals surface area contributed by atoms with Gasteiger partial charge in [-0.25, -0.2) is 9.78 Å². The van der Waals surface area contributed by atoms with Crippen molar-refractivity contribution in [1.29, 1.82) is 0 Å². The highest BCUT2D eigenvalue weighted by molar-refractivity contribution is 5.82. The second-order valence-electron chi connectivity index (χ2n) is 8.15. The number of hydrogen-bond acceptors (Lipinski definition) is 5. The van der Waals surface area contributed by atoms with Crippen LogP contribution in [0.25, 0.3) is 22.4 Å². The fourth-order valence-corrected chi connectivity index (χ4v) is 4.39. The van der Waals surface area contributed by atoms with E-state index in [2.05, 4.69) is 10.3 Å². The van der Waals surface area contributed by atoms with Crippen LogP contribution in [0.5, 0.6) is 0 Å². The van der Waals surface area contributed by atoms with Gasteiger partial charge < -0.3 is 15.5 Å². The molecular weight excluding hydrogens is 398 g/mol. The Kier molecular flexibility index (Phi) is 4.94. The van der Waals surface area contributed by atoms with Gasteiger partial charge in [-0.1, -0.05) is 54.6 Å². The molecule has 0 atom stereocenters. The highest BCUT2D eigenvalue weighted by Gasteiger charge is 2.53. The topological polar surface area (TPSA) is 126 Å². The maximum atomic E-state index is 11.3. The predicted octanol–water partition coefficient (Wildman–Crippen LogP) is 4.33. The normalized spacial score (nSPS) is 22.4. The molecule has 0 radical (unpaired) electrons. The highest BCUT2D eigenvalue weighted by atomic mass is 16.6. The van der Waals surface area contributed by atoms with E-state index in [-0.39, 0.29) is 18.5 Å². The molecule has 1 fully saturated rings. The SMILES string of the molecule is C[C@]1(O)C[C@@](NC(=O)O)(c2ccc(-c3ncc([N+](=O)[O-])cc3-c3ccccc3)cc2)C1. The lowest BCUT2D eigenvalue weighted by molar-refractivity contribution is -0.385. The molecule has 0 saturated heterocycles. The zero-order chi connectivity index (χ0) is 22.2. The second-order valence-corrected chi connectivity index (χ2v) is 8.15. The first-order valence-corrected chi connectivity index (χ1v) is 9.73. The van der Waals surface area contributed by atoms with Crippen molar-refractivity contribution in [2.75, 3.05) is 0 Å². The van der Waals surface area contributed by atoms with Crippen LogP contribution >= 0.6 is 0 Å². The number of aromatic nitrogens is 1. The molecule has 1 aliphatic rings. The summed E-state index contributed by atoms with van der Waals surface area (Å²) in [6, 6.07) is 18.0. The van der Waals surface area contributed by atoms with E-state index in [1.165, 1.54) is 12.3 Å². The number of rotatable bonds is 5. The van der Waals surface area contributed by atoms with Gasteiger partial charge in [0.25, 0.3) is 5.69 Å². The molecule has 8 nitrogen and oxygen atoms in total. The van der Waals surface area contributed by atoms with Crippen molar-refractivity contribution >= 4 is 11.8 Å². The minimum absolute atomic E-state index is 0.0967. The van der Waals surface area contributed by atoms with Crippen LogP contribution in [0.1, 0.15) is 25.3 Å². The number of nitrogens with zero attached hydrogens (tertiary/aromatic N) is 2. The van der Waals surface area contributed by atoms with Crippen molar-refractivity contribution in [3.8, 4) is 22.4 Å². The monoisotopic (exact) mass is 419 g/mol. The van der Waals surface area contributed by atoms with Crippen LogP contribution in [-0.2, 0) is 5.54 Å². The Hall–Kier alpha value is -3.78. The van der Waals surface area contributed by atoms with Gasteiger partial charge in [0, 0.05) is 30.0 Å². The van der Waals surface area contributed by atoms with Gasteiger partial charge in [-0.15, -0.1) is 0 Å². The molecule has 0 spiro atoms. The smallest absolute Gasteiger partial charge is 0.405 e. The van der Waals surface area contributed by atoms with E-state index in [0.29, 0.717) is 11.3 Å². The van der Waals surface area contributed by atoms with Gasteiger partial charge >= 0.3 is 6.09 Å². The van der Waals surface area contributed by atoms with Crippen LogP contribution < -0.4 is 5.32 Å². The summed E-state index contributed by atoms with van der Waals surface area (Å²) in [4.78, 5) is 26.4. The number of aliphatic hydroxyl groups is 1. The maximum Gasteiger partial charge on any atom is 0.405 e. The summed E-state index contributed by atoms with van der Waals surface area (Å²) >= 11 is 0. The van der Waals surface area contributed by atoms with E-state index in [4.69, 9.17) is 0 Å². The van der Waals surface area contributed by atoms with E-state index < -0.39 is 22.2 Å². The number of amides is 1. The predicted molar refractivity (Wildman–Crippen MR) is 114 cm³/mol. The summed E-state index contributed by atoms with van der Waals surface area (Å²) in [6.07, 6.45) is 0.627. The van der Waals surface area contributed by atoms with Crippen molar-refractivity contribution in [2.45, 2.75) is 30.9 Å². The molecule has 1 amide bonds. The molecule has 1 saturated carbocycles. The minimum atomic E-state index is -1.15. The third-order valence-electron chi connectivity index (χ3n) is 5.59. The largest absolute Gasteiger partial charge is 0.465 e. The molecule has 3 N–H and O–H groups in total. The summed E-state index contributed by atoms with van der Waals surface area (Å²) in [6.45, 7) is 1.68. The molecule has 0 aliphatic heterocycles. The lowest BCUT2D eigenvalue weighted by atomic mass is 9.62. The summed E-state index contributed by atoms with van der Waals surface area (Å²) < 4.78 is 0. The molecular formula is C23H21N3O5. The van der Waals surface area contributed by atoms with E-state index in [1.54, 1.807) is 19.1 Å². The summed E-state index contributed by atoms with van der Waals surface area (Å²) in [7, 11) is 0. The van der Waals surface area contributed by atoms with E-state index >= 15 is 0 Å². The first kappa shape index (κ1) is 20.5. The third kappa shape index (κ3) is 3.97. The minimum Gasteiger partial charge on any atom is -0.465 e. The van der Waals surface area contributed by atoms with Crippen LogP contribution in [0.4, 0.5) is 10.5 Å². The molecule has 1 heterocycles. The van der Waals surface area contributed by atoms with Gasteiger partial charge in [0.1, 0.15) is 6.20 Å². The Labute approximate surface area is 178 Å². The van der Waals surface area contributed by atoms with E-state index in [0.717, 1.165) is 16.7 Å². The Balaban J connectivity index is 1.74. The van der Waals surface area contributed by atoms with Gasteiger partial charge in [-0.2, -0.15) is 0 Å². The summed E-state index contributed by atoms with van der Waals surface area (Å²) in [5, 5.41) is 33.2. The number of nitro groups is 1. The average Bonchev–Trinajstić information content (AvgIpc) is 2.72. The van der Waals surface area contributed by atoms with Crippen LogP contribution in [0.15, 0.2) is 66.9 Å². The molecule has 4 rings (SSSR count). The van der Waals surface area contributed by atoms with E-state index in [9.17, 15) is 25.1 Å². The maximum absolute atomic E-state index is 11.3. The molecule has 2 aromatic carbocycles. The van der Waals surface area contributed by atoms with Crippen LogP contribution in [-0.4, -0.2) is 31.8 Å². The zero-order valence-corrected chi connectivity index (χ0v) is 16.8.